The van der Waals surface area contributed by atoms with E-state index in [1.54, 1.807) is 23.6 Å². The number of aromatic nitrogens is 4. The molecule has 0 radical (unpaired) electrons. The molecule has 0 N–H and O–H groups in total. The number of carbonyl (C=O) groups excluding carboxylic acids is 1. The molecule has 26 heavy (non-hydrogen) atoms. The number of amides is 1. The molecule has 0 aliphatic heterocycles. The Morgan fingerprint density at radius 3 is 2.77 bits per heavy atom. The van der Waals surface area contributed by atoms with Gasteiger partial charge in [-0.1, -0.05) is 12.1 Å². The van der Waals surface area contributed by atoms with E-state index in [1.165, 1.54) is 29.5 Å². The number of nitrogens with zero attached hydrogens (tertiary/aromatic N) is 6. The molecule has 0 aliphatic rings. The zero-order valence-electron chi connectivity index (χ0n) is 13.4. The summed E-state index contributed by atoms with van der Waals surface area (Å²) in [5.74, 6) is -1.15. The normalized spacial score (nSPS) is 10.5. The third-order valence-electron chi connectivity index (χ3n) is 3.53. The number of rotatable bonds is 6. The molecular formula is C16H13FN6O2S. The van der Waals surface area contributed by atoms with Crippen molar-refractivity contribution >= 4 is 22.9 Å². The number of halogens is 1. The van der Waals surface area contributed by atoms with Crippen molar-refractivity contribution in [3.63, 3.8) is 0 Å². The van der Waals surface area contributed by atoms with Gasteiger partial charge in [-0.2, -0.15) is 14.6 Å². The number of thiophene rings is 1. The molecule has 0 bridgehead atoms. The van der Waals surface area contributed by atoms with Gasteiger partial charge in [-0.25, -0.2) is 9.18 Å². The van der Waals surface area contributed by atoms with E-state index in [1.807, 2.05) is 6.07 Å². The van der Waals surface area contributed by atoms with Crippen LogP contribution in [-0.2, 0) is 11.3 Å². The molecule has 0 unspecified atom stereocenters. The standard InChI is InChI=1S/C16H13FN6O2S/c17-12-5-1-2-6-13(12)21(9-4-8-18)14(24)11-22-16(25)23(20-19-22)15-7-3-10-26-15/h1-3,5-7,10H,4,9,11H2. The summed E-state index contributed by atoms with van der Waals surface area (Å²) < 4.78 is 16.0. The first-order valence-corrected chi connectivity index (χ1v) is 8.48. The predicted molar refractivity (Wildman–Crippen MR) is 92.5 cm³/mol. The lowest BCUT2D eigenvalue weighted by Crippen LogP contribution is -2.38. The number of nitriles is 1. The molecule has 2 heterocycles. The van der Waals surface area contributed by atoms with Crippen LogP contribution in [0.5, 0.6) is 0 Å². The molecule has 8 nitrogen and oxygen atoms in total. The lowest BCUT2D eigenvalue weighted by atomic mass is 10.2. The number of para-hydroxylation sites is 1. The molecule has 0 atom stereocenters. The van der Waals surface area contributed by atoms with Crippen LogP contribution >= 0.6 is 11.3 Å². The van der Waals surface area contributed by atoms with Crippen molar-refractivity contribution in [3.8, 4) is 11.1 Å². The summed E-state index contributed by atoms with van der Waals surface area (Å²) in [4.78, 5) is 26.1. The second-order valence-electron chi connectivity index (χ2n) is 5.19. The largest absolute Gasteiger partial charge is 0.369 e. The molecule has 0 fully saturated rings. The van der Waals surface area contributed by atoms with Gasteiger partial charge in [0.1, 0.15) is 17.4 Å². The van der Waals surface area contributed by atoms with Gasteiger partial charge in [-0.15, -0.1) is 11.3 Å². The van der Waals surface area contributed by atoms with Crippen LogP contribution in [0.2, 0.25) is 0 Å². The molecule has 0 saturated carbocycles. The number of tetrazole rings is 1. The highest BCUT2D eigenvalue weighted by atomic mass is 32.1. The Morgan fingerprint density at radius 2 is 2.08 bits per heavy atom. The Morgan fingerprint density at radius 1 is 1.27 bits per heavy atom. The number of benzene rings is 1. The van der Waals surface area contributed by atoms with E-state index in [0.29, 0.717) is 5.00 Å². The molecular weight excluding hydrogens is 359 g/mol. The van der Waals surface area contributed by atoms with Gasteiger partial charge in [0.05, 0.1) is 18.2 Å². The number of hydrogen-bond donors (Lipinski definition) is 0. The van der Waals surface area contributed by atoms with Gasteiger partial charge in [-0.05, 0) is 40.1 Å². The van der Waals surface area contributed by atoms with Crippen LogP contribution in [0.25, 0.3) is 5.00 Å². The zero-order chi connectivity index (χ0) is 18.5. The van der Waals surface area contributed by atoms with Gasteiger partial charge in [0, 0.05) is 6.54 Å². The van der Waals surface area contributed by atoms with Gasteiger partial charge in [-0.3, -0.25) is 4.79 Å². The van der Waals surface area contributed by atoms with Crippen LogP contribution in [0.1, 0.15) is 6.42 Å². The molecule has 10 heteroatoms. The second kappa shape index (κ2) is 7.71. The van der Waals surface area contributed by atoms with E-state index in [2.05, 4.69) is 10.4 Å². The quantitative estimate of drug-likeness (QED) is 0.654. The molecule has 0 saturated heterocycles. The third-order valence-corrected chi connectivity index (χ3v) is 4.37. The highest BCUT2D eigenvalue weighted by molar-refractivity contribution is 7.12. The van der Waals surface area contributed by atoms with E-state index < -0.39 is 24.0 Å². The average molecular weight is 372 g/mol. The topological polar surface area (TPSA) is 96.8 Å². The van der Waals surface area contributed by atoms with Crippen molar-refractivity contribution in [2.45, 2.75) is 13.0 Å². The Kier molecular flexibility index (Phi) is 5.19. The summed E-state index contributed by atoms with van der Waals surface area (Å²) in [6.45, 7) is -0.409. The number of hydrogen-bond acceptors (Lipinski definition) is 6. The van der Waals surface area contributed by atoms with Crippen LogP contribution in [-0.4, -0.2) is 32.2 Å². The number of anilines is 1. The lowest BCUT2D eigenvalue weighted by Gasteiger charge is -2.21. The maximum absolute atomic E-state index is 14.1. The van der Waals surface area contributed by atoms with Crippen LogP contribution in [0.4, 0.5) is 10.1 Å². The van der Waals surface area contributed by atoms with E-state index >= 15 is 0 Å². The first-order chi connectivity index (χ1) is 12.6. The molecule has 2 aromatic heterocycles. The van der Waals surface area contributed by atoms with Crippen molar-refractivity contribution in [2.75, 3.05) is 11.4 Å². The van der Waals surface area contributed by atoms with Gasteiger partial charge < -0.3 is 4.90 Å². The van der Waals surface area contributed by atoms with Crippen molar-refractivity contribution in [3.05, 3.63) is 58.1 Å². The molecule has 132 valence electrons. The molecule has 3 aromatic rings. The Bertz CT molecular complexity index is 1000. The third kappa shape index (κ3) is 3.52. The van der Waals surface area contributed by atoms with Gasteiger partial charge in [0.15, 0.2) is 0 Å². The summed E-state index contributed by atoms with van der Waals surface area (Å²) in [5.41, 5.74) is -0.527. The SMILES string of the molecule is N#CCCN(C(=O)Cn1nnn(-c2cccs2)c1=O)c1ccccc1F. The zero-order valence-corrected chi connectivity index (χ0v) is 14.3. The fraction of sp³-hybridized carbons (Fsp3) is 0.188. The highest BCUT2D eigenvalue weighted by Gasteiger charge is 2.21. The summed E-state index contributed by atoms with van der Waals surface area (Å²) >= 11 is 1.30. The Labute approximate surface area is 151 Å². The second-order valence-corrected chi connectivity index (χ2v) is 6.11. The minimum atomic E-state index is -0.589. The monoisotopic (exact) mass is 372 g/mol. The van der Waals surface area contributed by atoms with Crippen molar-refractivity contribution in [1.82, 2.24) is 19.8 Å². The van der Waals surface area contributed by atoms with E-state index in [9.17, 15) is 14.0 Å². The maximum atomic E-state index is 14.1. The van der Waals surface area contributed by atoms with E-state index in [4.69, 9.17) is 5.26 Å². The summed E-state index contributed by atoms with van der Waals surface area (Å²) in [5, 5.41) is 18.6. The van der Waals surface area contributed by atoms with E-state index in [-0.39, 0.29) is 18.7 Å². The maximum Gasteiger partial charge on any atom is 0.369 e. The van der Waals surface area contributed by atoms with Crippen molar-refractivity contribution in [2.24, 2.45) is 0 Å². The predicted octanol–water partition coefficient (Wildman–Crippen LogP) is 1.58. The van der Waals surface area contributed by atoms with Crippen LogP contribution in [0.3, 0.4) is 0 Å². The van der Waals surface area contributed by atoms with Crippen molar-refractivity contribution in [1.29, 1.82) is 5.26 Å². The van der Waals surface area contributed by atoms with Crippen LogP contribution in [0.15, 0.2) is 46.6 Å². The number of carbonyl (C=O) groups is 1. The first kappa shape index (κ1) is 17.5. The first-order valence-electron chi connectivity index (χ1n) is 7.60. The average Bonchev–Trinajstić information content (AvgIpc) is 3.27. The lowest BCUT2D eigenvalue weighted by molar-refractivity contribution is -0.119. The molecule has 1 amide bonds. The van der Waals surface area contributed by atoms with Crippen LogP contribution in [0, 0.1) is 17.1 Å². The summed E-state index contributed by atoms with van der Waals surface area (Å²) in [6, 6.07) is 11.1. The molecule has 0 spiro atoms. The summed E-state index contributed by atoms with van der Waals surface area (Å²) in [6.07, 6.45) is 0.0247. The summed E-state index contributed by atoms with van der Waals surface area (Å²) in [7, 11) is 0. The fourth-order valence-corrected chi connectivity index (χ4v) is 3.00. The van der Waals surface area contributed by atoms with E-state index in [0.717, 1.165) is 14.3 Å². The fourth-order valence-electron chi connectivity index (χ4n) is 2.33. The van der Waals surface area contributed by atoms with Crippen LogP contribution < -0.4 is 10.6 Å². The minimum absolute atomic E-state index is 0.00405. The van der Waals surface area contributed by atoms with Crippen molar-refractivity contribution < 1.29 is 9.18 Å². The highest BCUT2D eigenvalue weighted by Crippen LogP contribution is 2.19. The molecule has 0 aliphatic carbocycles. The van der Waals surface area contributed by atoms with Gasteiger partial charge in [0.2, 0.25) is 5.91 Å². The van der Waals surface area contributed by atoms with Gasteiger partial charge in [0.25, 0.3) is 0 Å². The molecule has 3 rings (SSSR count). The minimum Gasteiger partial charge on any atom is -0.307 e. The molecule has 1 aromatic carbocycles. The Balaban J connectivity index is 1.86. The Hall–Kier alpha value is -3.32. The van der Waals surface area contributed by atoms with Gasteiger partial charge >= 0.3 is 5.69 Å². The smallest absolute Gasteiger partial charge is 0.307 e.